The van der Waals surface area contributed by atoms with Crippen LogP contribution in [0.25, 0.3) is 0 Å². The van der Waals surface area contributed by atoms with E-state index in [4.69, 9.17) is 0 Å². The summed E-state index contributed by atoms with van der Waals surface area (Å²) in [6.45, 7) is 7.13. The number of nitrogens with one attached hydrogen (secondary N) is 1. The van der Waals surface area contributed by atoms with E-state index in [0.29, 0.717) is 0 Å². The number of hydrogen-bond donors (Lipinski definition) is 1. The van der Waals surface area contributed by atoms with Gasteiger partial charge in [-0.1, -0.05) is 39.5 Å². The van der Waals surface area contributed by atoms with Gasteiger partial charge in [0.15, 0.2) is 0 Å². The molecule has 1 nitrogen and oxygen atoms in total. The molecule has 2 rings (SSSR count). The van der Waals surface area contributed by atoms with Crippen molar-refractivity contribution in [2.24, 2.45) is 17.8 Å². The van der Waals surface area contributed by atoms with Gasteiger partial charge in [-0.2, -0.15) is 0 Å². The molecule has 3 unspecified atom stereocenters. The van der Waals surface area contributed by atoms with Gasteiger partial charge in [-0.15, -0.1) is 0 Å². The second-order valence-electron chi connectivity index (χ2n) is 7.11. The molecule has 2 saturated carbocycles. The first kappa shape index (κ1) is 13.4. The Morgan fingerprint density at radius 3 is 2.35 bits per heavy atom. The van der Waals surface area contributed by atoms with E-state index in [1.54, 1.807) is 0 Å². The summed E-state index contributed by atoms with van der Waals surface area (Å²) in [5.74, 6) is 2.93. The van der Waals surface area contributed by atoms with Crippen molar-refractivity contribution in [2.75, 3.05) is 0 Å². The maximum Gasteiger partial charge on any atom is 0.00721 e. The van der Waals surface area contributed by atoms with Crippen molar-refractivity contribution >= 4 is 0 Å². The average Bonchev–Trinajstić information content (AvgIpc) is 3.00. The largest absolute Gasteiger partial charge is 0.311 e. The van der Waals surface area contributed by atoms with Gasteiger partial charge >= 0.3 is 0 Å². The van der Waals surface area contributed by atoms with Gasteiger partial charge in [-0.25, -0.2) is 0 Å². The van der Waals surface area contributed by atoms with Crippen LogP contribution in [0, 0.1) is 17.8 Å². The fraction of sp³-hybridized carbons (Fsp3) is 1.00. The first-order valence-electron chi connectivity index (χ1n) is 7.89. The summed E-state index contributed by atoms with van der Waals surface area (Å²) in [6, 6.07) is 1.58. The van der Waals surface area contributed by atoms with Crippen LogP contribution in [0.15, 0.2) is 0 Å². The molecule has 0 heterocycles. The second-order valence-corrected chi connectivity index (χ2v) is 7.11. The van der Waals surface area contributed by atoms with Crippen molar-refractivity contribution in [3.05, 3.63) is 0 Å². The Labute approximate surface area is 108 Å². The Morgan fingerprint density at radius 1 is 0.941 bits per heavy atom. The lowest BCUT2D eigenvalue weighted by Crippen LogP contribution is -2.40. The molecule has 2 aliphatic carbocycles. The first-order valence-corrected chi connectivity index (χ1v) is 7.89. The van der Waals surface area contributed by atoms with E-state index in [1.807, 2.05) is 0 Å². The zero-order valence-corrected chi connectivity index (χ0v) is 12.0. The summed E-state index contributed by atoms with van der Waals surface area (Å²) in [5.41, 5.74) is 0. The molecule has 3 atom stereocenters. The van der Waals surface area contributed by atoms with Crippen molar-refractivity contribution in [2.45, 2.75) is 84.2 Å². The topological polar surface area (TPSA) is 12.0 Å². The van der Waals surface area contributed by atoms with Crippen molar-refractivity contribution in [1.82, 2.24) is 5.32 Å². The van der Waals surface area contributed by atoms with E-state index < -0.39 is 0 Å². The fourth-order valence-electron chi connectivity index (χ4n) is 3.65. The van der Waals surface area contributed by atoms with Gasteiger partial charge in [0, 0.05) is 12.1 Å². The highest BCUT2D eigenvalue weighted by atomic mass is 14.9. The van der Waals surface area contributed by atoms with E-state index in [0.717, 1.165) is 29.8 Å². The van der Waals surface area contributed by atoms with Gasteiger partial charge < -0.3 is 5.32 Å². The number of hydrogen-bond acceptors (Lipinski definition) is 1. The van der Waals surface area contributed by atoms with Gasteiger partial charge in [0.2, 0.25) is 0 Å². The summed E-state index contributed by atoms with van der Waals surface area (Å²) in [5, 5.41) is 3.89. The minimum absolute atomic E-state index is 0.755. The maximum absolute atomic E-state index is 3.89. The zero-order chi connectivity index (χ0) is 12.3. The van der Waals surface area contributed by atoms with Crippen LogP contribution >= 0.6 is 0 Å². The van der Waals surface area contributed by atoms with Crippen LogP contribution in [0.5, 0.6) is 0 Å². The monoisotopic (exact) mass is 237 g/mol. The molecule has 0 aromatic carbocycles. The third-order valence-electron chi connectivity index (χ3n) is 4.49. The summed E-state index contributed by atoms with van der Waals surface area (Å²) >= 11 is 0. The van der Waals surface area contributed by atoms with Crippen LogP contribution in [0.2, 0.25) is 0 Å². The molecule has 0 radical (unpaired) electrons. The van der Waals surface area contributed by atoms with Crippen LogP contribution in [0.1, 0.15) is 72.1 Å². The molecule has 0 spiro atoms. The predicted octanol–water partition coefficient (Wildman–Crippen LogP) is 4.37. The van der Waals surface area contributed by atoms with Crippen LogP contribution in [-0.2, 0) is 0 Å². The van der Waals surface area contributed by atoms with E-state index >= 15 is 0 Å². The highest BCUT2D eigenvalue weighted by Gasteiger charge is 2.27. The predicted molar refractivity (Wildman–Crippen MR) is 75.1 cm³/mol. The van der Waals surface area contributed by atoms with Gasteiger partial charge in [0.05, 0.1) is 0 Å². The van der Waals surface area contributed by atoms with Crippen LogP contribution < -0.4 is 5.32 Å². The Hall–Kier alpha value is -0.0400. The smallest absolute Gasteiger partial charge is 0.00721 e. The molecule has 2 aliphatic rings. The van der Waals surface area contributed by atoms with Crippen LogP contribution in [-0.4, -0.2) is 12.1 Å². The van der Waals surface area contributed by atoms with Gasteiger partial charge in [0.25, 0.3) is 0 Å². The van der Waals surface area contributed by atoms with E-state index in [9.17, 15) is 0 Å². The van der Waals surface area contributed by atoms with Gasteiger partial charge in [0.1, 0.15) is 0 Å². The van der Waals surface area contributed by atoms with Crippen molar-refractivity contribution < 1.29 is 0 Å². The lowest BCUT2D eigenvalue weighted by Gasteiger charge is -2.32. The molecule has 0 aromatic heterocycles. The normalized spacial score (nSPS) is 31.8. The van der Waals surface area contributed by atoms with E-state index in [2.05, 4.69) is 26.1 Å². The zero-order valence-electron chi connectivity index (χ0n) is 12.0. The molecule has 100 valence electrons. The highest BCUT2D eigenvalue weighted by molar-refractivity contribution is 4.83. The van der Waals surface area contributed by atoms with E-state index in [-0.39, 0.29) is 0 Å². The standard InChI is InChI=1S/C16H31N/c1-12(2)9-15-5-4-6-16(11-15)17-13(3)10-14-7-8-14/h12-17H,4-11H2,1-3H3. The average molecular weight is 237 g/mol. The summed E-state index contributed by atoms with van der Waals surface area (Å²) in [6.07, 6.45) is 11.6. The molecular formula is C16H31N. The SMILES string of the molecule is CC(C)CC1CCCC(NC(C)CC2CC2)C1. The molecule has 17 heavy (non-hydrogen) atoms. The molecule has 0 bridgehead atoms. The van der Waals surface area contributed by atoms with Gasteiger partial charge in [-0.3, -0.25) is 0 Å². The molecule has 0 amide bonds. The summed E-state index contributed by atoms with van der Waals surface area (Å²) in [4.78, 5) is 0. The first-order chi connectivity index (χ1) is 8.13. The Kier molecular flexibility index (Phi) is 4.90. The van der Waals surface area contributed by atoms with Crippen molar-refractivity contribution in [1.29, 1.82) is 0 Å². The Balaban J connectivity index is 1.68. The lowest BCUT2D eigenvalue weighted by atomic mass is 9.81. The Morgan fingerprint density at radius 2 is 1.71 bits per heavy atom. The minimum atomic E-state index is 0.755. The summed E-state index contributed by atoms with van der Waals surface area (Å²) in [7, 11) is 0. The maximum atomic E-state index is 3.89. The highest BCUT2D eigenvalue weighted by Crippen LogP contribution is 2.34. The quantitative estimate of drug-likeness (QED) is 0.723. The minimum Gasteiger partial charge on any atom is -0.311 e. The second kappa shape index (κ2) is 6.22. The van der Waals surface area contributed by atoms with Crippen LogP contribution in [0.3, 0.4) is 0 Å². The lowest BCUT2D eigenvalue weighted by molar-refractivity contribution is 0.238. The molecule has 1 heteroatoms. The molecule has 0 saturated heterocycles. The third kappa shape index (κ3) is 4.99. The van der Waals surface area contributed by atoms with Crippen molar-refractivity contribution in [3.8, 4) is 0 Å². The molecule has 2 fully saturated rings. The third-order valence-corrected chi connectivity index (χ3v) is 4.49. The Bertz CT molecular complexity index is 218. The summed E-state index contributed by atoms with van der Waals surface area (Å²) < 4.78 is 0. The van der Waals surface area contributed by atoms with E-state index in [1.165, 1.54) is 51.4 Å². The fourth-order valence-corrected chi connectivity index (χ4v) is 3.65. The number of rotatable bonds is 6. The molecular weight excluding hydrogens is 206 g/mol. The molecule has 0 aromatic rings. The molecule has 0 aliphatic heterocycles. The molecule has 1 N–H and O–H groups in total. The van der Waals surface area contributed by atoms with Crippen molar-refractivity contribution in [3.63, 3.8) is 0 Å². The van der Waals surface area contributed by atoms with Gasteiger partial charge in [-0.05, 0) is 50.4 Å². The van der Waals surface area contributed by atoms with Crippen LogP contribution in [0.4, 0.5) is 0 Å².